The number of fused-ring (bicyclic) bond motifs is 1. The average Bonchev–Trinajstić information content (AvgIpc) is 2.91. The maximum absolute atomic E-state index is 9.06. The van der Waals surface area contributed by atoms with Crippen molar-refractivity contribution in [2.75, 3.05) is 7.11 Å². The van der Waals surface area contributed by atoms with Gasteiger partial charge in [0.2, 0.25) is 5.65 Å². The lowest BCUT2D eigenvalue weighted by molar-refractivity contribution is 0.282. The molecule has 0 spiro atoms. The summed E-state index contributed by atoms with van der Waals surface area (Å²) in [4.78, 5) is 8.46. The fourth-order valence-electron chi connectivity index (χ4n) is 2.03. The first kappa shape index (κ1) is 11.7. The molecule has 2 heterocycles. The van der Waals surface area contributed by atoms with Gasteiger partial charge in [0.1, 0.15) is 0 Å². The summed E-state index contributed by atoms with van der Waals surface area (Å²) in [5.41, 5.74) is 3.56. The van der Waals surface area contributed by atoms with Gasteiger partial charge in [0.15, 0.2) is 0 Å². The van der Waals surface area contributed by atoms with Gasteiger partial charge in [-0.05, 0) is 5.56 Å². The van der Waals surface area contributed by atoms with Gasteiger partial charge >= 0.3 is 0 Å². The summed E-state index contributed by atoms with van der Waals surface area (Å²) in [6.07, 6.45) is 5.31. The van der Waals surface area contributed by atoms with Crippen molar-refractivity contribution in [3.8, 4) is 17.1 Å². The second-order valence-electron chi connectivity index (χ2n) is 4.13. The topological polar surface area (TPSA) is 59.7 Å². The predicted molar refractivity (Wildman–Crippen MR) is 70.9 cm³/mol. The third kappa shape index (κ3) is 1.94. The molecule has 3 rings (SSSR count). The molecule has 1 aromatic carbocycles. The minimum Gasteiger partial charge on any atom is -0.478 e. The van der Waals surface area contributed by atoms with Crippen LogP contribution in [-0.2, 0) is 6.61 Å². The summed E-state index contributed by atoms with van der Waals surface area (Å²) in [5.74, 6) is 0.501. The van der Waals surface area contributed by atoms with Crippen LogP contribution in [0.4, 0.5) is 0 Å². The molecular weight excluding hydrogens is 242 g/mol. The summed E-state index contributed by atoms with van der Waals surface area (Å²) < 4.78 is 7.12. The van der Waals surface area contributed by atoms with Crippen LogP contribution in [-0.4, -0.2) is 26.6 Å². The van der Waals surface area contributed by atoms with Gasteiger partial charge in [-0.1, -0.05) is 24.3 Å². The Balaban J connectivity index is 2.14. The van der Waals surface area contributed by atoms with Crippen molar-refractivity contribution >= 4 is 5.65 Å². The van der Waals surface area contributed by atoms with Gasteiger partial charge in [0.05, 0.1) is 25.6 Å². The summed E-state index contributed by atoms with van der Waals surface area (Å²) in [5, 5.41) is 9.06. The van der Waals surface area contributed by atoms with E-state index in [9.17, 15) is 0 Å². The first-order valence-corrected chi connectivity index (χ1v) is 5.89. The molecule has 2 aromatic heterocycles. The van der Waals surface area contributed by atoms with Crippen LogP contribution in [0.3, 0.4) is 0 Å². The Kier molecular flexibility index (Phi) is 2.89. The number of aliphatic hydroxyl groups excluding tert-OH is 1. The molecule has 0 aliphatic heterocycles. The van der Waals surface area contributed by atoms with Crippen LogP contribution < -0.4 is 4.74 Å². The molecule has 5 nitrogen and oxygen atoms in total. The molecule has 5 heteroatoms. The number of rotatable bonds is 3. The summed E-state index contributed by atoms with van der Waals surface area (Å²) >= 11 is 0. The maximum Gasteiger partial charge on any atom is 0.258 e. The Labute approximate surface area is 110 Å². The van der Waals surface area contributed by atoms with Gasteiger partial charge in [-0.25, -0.2) is 9.97 Å². The number of methoxy groups -OCH3 is 1. The van der Waals surface area contributed by atoms with E-state index in [1.165, 1.54) is 0 Å². The zero-order valence-electron chi connectivity index (χ0n) is 10.4. The molecule has 0 fully saturated rings. The number of imidazole rings is 1. The van der Waals surface area contributed by atoms with Gasteiger partial charge < -0.3 is 9.84 Å². The minimum absolute atomic E-state index is 0.0468. The SMILES string of the molecule is COc1nccn2c(-c3ccc(CO)cc3)cnc12. The lowest BCUT2D eigenvalue weighted by Crippen LogP contribution is -1.94. The zero-order chi connectivity index (χ0) is 13.2. The number of nitrogens with zero attached hydrogens (tertiary/aromatic N) is 3. The van der Waals surface area contributed by atoms with E-state index in [0.29, 0.717) is 11.5 Å². The molecule has 0 radical (unpaired) electrons. The van der Waals surface area contributed by atoms with E-state index in [1.807, 2.05) is 34.9 Å². The van der Waals surface area contributed by atoms with Crippen LogP contribution in [0, 0.1) is 0 Å². The highest BCUT2D eigenvalue weighted by molar-refractivity contribution is 5.65. The highest BCUT2D eigenvalue weighted by Gasteiger charge is 2.10. The lowest BCUT2D eigenvalue weighted by Gasteiger charge is -2.04. The highest BCUT2D eigenvalue weighted by atomic mass is 16.5. The van der Waals surface area contributed by atoms with Gasteiger partial charge in [0.25, 0.3) is 5.88 Å². The molecule has 0 unspecified atom stereocenters. The van der Waals surface area contributed by atoms with E-state index in [0.717, 1.165) is 16.8 Å². The van der Waals surface area contributed by atoms with Crippen molar-refractivity contribution < 1.29 is 9.84 Å². The van der Waals surface area contributed by atoms with E-state index in [2.05, 4.69) is 9.97 Å². The smallest absolute Gasteiger partial charge is 0.258 e. The largest absolute Gasteiger partial charge is 0.478 e. The molecule has 3 aromatic rings. The number of benzene rings is 1. The van der Waals surface area contributed by atoms with Crippen molar-refractivity contribution in [1.82, 2.24) is 14.4 Å². The van der Waals surface area contributed by atoms with Gasteiger partial charge in [-0.15, -0.1) is 0 Å². The Hall–Kier alpha value is -2.40. The summed E-state index contributed by atoms with van der Waals surface area (Å²) in [7, 11) is 1.58. The normalized spacial score (nSPS) is 10.8. The number of hydrogen-bond acceptors (Lipinski definition) is 4. The van der Waals surface area contributed by atoms with Gasteiger partial charge in [-0.3, -0.25) is 4.40 Å². The minimum atomic E-state index is 0.0468. The average molecular weight is 255 g/mol. The Morgan fingerprint density at radius 1 is 1.21 bits per heavy atom. The van der Waals surface area contributed by atoms with E-state index < -0.39 is 0 Å². The van der Waals surface area contributed by atoms with Crippen LogP contribution >= 0.6 is 0 Å². The third-order valence-electron chi connectivity index (χ3n) is 3.02. The first-order chi connectivity index (χ1) is 9.33. The second kappa shape index (κ2) is 4.70. The Bertz CT molecular complexity index is 704. The number of ether oxygens (including phenoxy) is 1. The van der Waals surface area contributed by atoms with Crippen molar-refractivity contribution in [2.45, 2.75) is 6.61 Å². The van der Waals surface area contributed by atoms with Crippen molar-refractivity contribution in [2.24, 2.45) is 0 Å². The second-order valence-corrected chi connectivity index (χ2v) is 4.13. The molecule has 19 heavy (non-hydrogen) atoms. The fourth-order valence-corrected chi connectivity index (χ4v) is 2.03. The molecule has 0 saturated carbocycles. The quantitative estimate of drug-likeness (QED) is 0.776. The lowest BCUT2D eigenvalue weighted by atomic mass is 10.1. The highest BCUT2D eigenvalue weighted by Crippen LogP contribution is 2.24. The van der Waals surface area contributed by atoms with Gasteiger partial charge in [-0.2, -0.15) is 0 Å². The Morgan fingerprint density at radius 2 is 2.00 bits per heavy atom. The van der Waals surface area contributed by atoms with E-state index in [-0.39, 0.29) is 6.61 Å². The van der Waals surface area contributed by atoms with E-state index in [1.54, 1.807) is 19.5 Å². The summed E-state index contributed by atoms with van der Waals surface area (Å²) in [6.45, 7) is 0.0468. The van der Waals surface area contributed by atoms with Crippen LogP contribution in [0.15, 0.2) is 42.9 Å². The fraction of sp³-hybridized carbons (Fsp3) is 0.143. The van der Waals surface area contributed by atoms with Crippen LogP contribution in [0.1, 0.15) is 5.56 Å². The summed E-state index contributed by atoms with van der Waals surface area (Å²) in [6, 6.07) is 7.71. The molecule has 0 bridgehead atoms. The molecule has 0 aliphatic carbocycles. The van der Waals surface area contributed by atoms with Gasteiger partial charge in [0, 0.05) is 18.0 Å². The Morgan fingerprint density at radius 3 is 2.68 bits per heavy atom. The molecule has 0 saturated heterocycles. The number of aromatic nitrogens is 3. The molecule has 0 aliphatic rings. The van der Waals surface area contributed by atoms with Crippen molar-refractivity contribution in [3.05, 3.63) is 48.4 Å². The van der Waals surface area contributed by atoms with Crippen molar-refractivity contribution in [3.63, 3.8) is 0 Å². The molecule has 96 valence electrons. The van der Waals surface area contributed by atoms with Crippen LogP contribution in [0.5, 0.6) is 5.88 Å². The van der Waals surface area contributed by atoms with Crippen molar-refractivity contribution in [1.29, 1.82) is 0 Å². The first-order valence-electron chi connectivity index (χ1n) is 5.89. The standard InChI is InChI=1S/C14H13N3O2/c1-19-14-13-16-8-12(17(13)7-6-15-14)11-4-2-10(9-18)3-5-11/h2-8,18H,9H2,1H3. The number of aliphatic hydroxyl groups is 1. The number of hydrogen-bond donors (Lipinski definition) is 1. The third-order valence-corrected chi connectivity index (χ3v) is 3.02. The van der Waals surface area contributed by atoms with Crippen LogP contribution in [0.2, 0.25) is 0 Å². The molecular formula is C14H13N3O2. The molecule has 1 N–H and O–H groups in total. The van der Waals surface area contributed by atoms with Crippen LogP contribution in [0.25, 0.3) is 16.9 Å². The molecule has 0 amide bonds. The van der Waals surface area contributed by atoms with E-state index in [4.69, 9.17) is 9.84 Å². The zero-order valence-corrected chi connectivity index (χ0v) is 10.4. The van der Waals surface area contributed by atoms with E-state index >= 15 is 0 Å². The monoisotopic (exact) mass is 255 g/mol. The maximum atomic E-state index is 9.06. The predicted octanol–water partition coefficient (Wildman–Crippen LogP) is 1.90. The molecule has 0 atom stereocenters.